The van der Waals surface area contributed by atoms with Crippen LogP contribution in [0.5, 0.6) is 0 Å². The molecule has 0 heterocycles. The Morgan fingerprint density at radius 2 is 1.36 bits per heavy atom. The van der Waals surface area contributed by atoms with Crippen molar-refractivity contribution in [2.45, 2.75) is 49.9 Å². The number of carboxylic acid groups (broad SMARTS) is 1. The number of carbonyl (C=O) groups is 5. The maximum absolute atomic E-state index is 12.7. The van der Waals surface area contributed by atoms with Crippen LogP contribution in [0.25, 0.3) is 0 Å². The summed E-state index contributed by atoms with van der Waals surface area (Å²) < 4.78 is 0. The van der Waals surface area contributed by atoms with E-state index in [0.717, 1.165) is 0 Å². The lowest BCUT2D eigenvalue weighted by atomic mass is 10.1. The first kappa shape index (κ1) is 30.3. The zero-order chi connectivity index (χ0) is 25.6. The van der Waals surface area contributed by atoms with Crippen molar-refractivity contribution in [1.82, 2.24) is 16.0 Å². The Hall–Kier alpha value is -2.72. The van der Waals surface area contributed by atoms with Crippen LogP contribution >= 0.6 is 25.3 Å². The first-order valence-electron chi connectivity index (χ1n) is 9.87. The number of aliphatic carboxylic acids is 1. The number of hydrogen-bond donors (Lipinski definition) is 10. The van der Waals surface area contributed by atoms with Gasteiger partial charge in [-0.25, -0.2) is 4.79 Å². The Bertz CT molecular complexity index is 734. The topological polar surface area (TPSA) is 258 Å². The van der Waals surface area contributed by atoms with Crippen LogP contribution in [0, 0.1) is 0 Å². The van der Waals surface area contributed by atoms with Crippen molar-refractivity contribution in [1.29, 1.82) is 0 Å². The van der Waals surface area contributed by atoms with Gasteiger partial charge in [0.1, 0.15) is 18.1 Å². The van der Waals surface area contributed by atoms with E-state index in [9.17, 15) is 29.1 Å². The molecule has 0 radical (unpaired) electrons. The molecule has 16 heteroatoms. The van der Waals surface area contributed by atoms with E-state index < -0.39 is 53.8 Å². The first-order chi connectivity index (χ1) is 15.4. The highest BCUT2D eigenvalue weighted by Crippen LogP contribution is 2.04. The average molecular weight is 509 g/mol. The number of carboxylic acids is 1. The van der Waals surface area contributed by atoms with E-state index in [2.05, 4.69) is 46.2 Å². The quantitative estimate of drug-likeness (QED) is 0.0421. The van der Waals surface area contributed by atoms with Gasteiger partial charge in [-0.2, -0.15) is 25.3 Å². The van der Waals surface area contributed by atoms with Gasteiger partial charge in [0.15, 0.2) is 5.96 Å². The number of hydrogen-bond acceptors (Lipinski definition) is 9. The molecule has 0 saturated carbocycles. The van der Waals surface area contributed by atoms with E-state index >= 15 is 0 Å². The number of carbonyl (C=O) groups excluding carboxylic acids is 4. The van der Waals surface area contributed by atoms with Crippen LogP contribution in [-0.2, 0) is 24.0 Å². The fourth-order valence-corrected chi connectivity index (χ4v) is 2.84. The summed E-state index contributed by atoms with van der Waals surface area (Å²) in [6.45, 7) is 0.154. The molecule has 0 rings (SSSR count). The lowest BCUT2D eigenvalue weighted by Crippen LogP contribution is -2.57. The number of aliphatic imine (C=N–C) groups is 1. The van der Waals surface area contributed by atoms with Crippen molar-refractivity contribution in [2.75, 3.05) is 18.1 Å². The fraction of sp³-hybridized carbons (Fsp3) is 0.647. The van der Waals surface area contributed by atoms with Crippen molar-refractivity contribution in [3.05, 3.63) is 0 Å². The van der Waals surface area contributed by atoms with Crippen LogP contribution in [0.4, 0.5) is 0 Å². The number of nitrogens with two attached hydrogens (primary N) is 4. The lowest BCUT2D eigenvalue weighted by Gasteiger charge is -2.24. The van der Waals surface area contributed by atoms with Crippen LogP contribution in [0.15, 0.2) is 4.99 Å². The normalized spacial score (nSPS) is 14.2. The fourth-order valence-electron chi connectivity index (χ4n) is 2.42. The summed E-state index contributed by atoms with van der Waals surface area (Å²) in [5, 5.41) is 16.4. The molecule has 4 atom stereocenters. The van der Waals surface area contributed by atoms with Crippen LogP contribution < -0.4 is 38.9 Å². The van der Waals surface area contributed by atoms with Gasteiger partial charge in [-0.3, -0.25) is 24.2 Å². The van der Waals surface area contributed by atoms with E-state index in [1.54, 1.807) is 0 Å². The summed E-state index contributed by atoms with van der Waals surface area (Å²) in [5.41, 5.74) is 21.1. The summed E-state index contributed by atoms with van der Waals surface area (Å²) in [6, 6.07) is -4.71. The molecule has 0 aromatic carbocycles. The maximum Gasteiger partial charge on any atom is 0.326 e. The third kappa shape index (κ3) is 12.8. The molecule has 12 N–H and O–H groups in total. The minimum Gasteiger partial charge on any atom is -0.480 e. The third-order valence-corrected chi connectivity index (χ3v) is 4.98. The molecule has 0 aliphatic carbocycles. The molecule has 0 spiro atoms. The average Bonchev–Trinajstić information content (AvgIpc) is 2.75. The van der Waals surface area contributed by atoms with E-state index in [1.807, 2.05) is 0 Å². The van der Waals surface area contributed by atoms with E-state index in [1.165, 1.54) is 0 Å². The number of nitrogens with one attached hydrogen (secondary N) is 3. The highest BCUT2D eigenvalue weighted by molar-refractivity contribution is 7.80. The second-order valence-electron chi connectivity index (χ2n) is 6.95. The number of guanidine groups is 1. The molecule has 33 heavy (non-hydrogen) atoms. The number of thiol groups is 2. The van der Waals surface area contributed by atoms with Gasteiger partial charge in [0.25, 0.3) is 0 Å². The maximum atomic E-state index is 12.7. The monoisotopic (exact) mass is 508 g/mol. The highest BCUT2D eigenvalue weighted by atomic mass is 32.1. The third-order valence-electron chi connectivity index (χ3n) is 4.22. The summed E-state index contributed by atoms with van der Waals surface area (Å²) in [5.74, 6) is -4.56. The van der Waals surface area contributed by atoms with Gasteiger partial charge < -0.3 is 44.0 Å². The minimum absolute atomic E-state index is 0.00524. The van der Waals surface area contributed by atoms with Crippen LogP contribution in [0.1, 0.15) is 25.7 Å². The molecule has 0 bridgehead atoms. The minimum atomic E-state index is -1.31. The molecule has 0 aliphatic heterocycles. The molecular weight excluding hydrogens is 476 g/mol. The smallest absolute Gasteiger partial charge is 0.326 e. The Labute approximate surface area is 201 Å². The predicted octanol–water partition coefficient (Wildman–Crippen LogP) is -3.97. The molecule has 4 amide bonds. The zero-order valence-electron chi connectivity index (χ0n) is 17.9. The van der Waals surface area contributed by atoms with Gasteiger partial charge in [-0.15, -0.1) is 0 Å². The first-order valence-corrected chi connectivity index (χ1v) is 11.1. The largest absolute Gasteiger partial charge is 0.480 e. The SMILES string of the molecule is NC(=O)CCC(NC(=O)C(CS)NC(=O)C(N)CS)C(=O)NC(CCCN=C(N)N)C(=O)O. The molecule has 14 nitrogen and oxygen atoms in total. The van der Waals surface area contributed by atoms with Crippen molar-refractivity contribution >= 4 is 60.8 Å². The zero-order valence-corrected chi connectivity index (χ0v) is 19.7. The lowest BCUT2D eigenvalue weighted by molar-refractivity contribution is -0.142. The standard InChI is InChI=1S/C17H32N8O6S2/c18-8(6-32)13(27)25-11(7-33)15(29)23-9(3-4-12(19)26)14(28)24-10(16(30)31)2-1-5-22-17(20)21/h8-11,32-33H,1-7,18H2,(H2,19,26)(H,23,29)(H,24,28)(H,25,27)(H,30,31)(H4,20,21,22). The molecular formula is C17H32N8O6S2. The van der Waals surface area contributed by atoms with Crippen LogP contribution in [0.3, 0.4) is 0 Å². The molecule has 0 aromatic heterocycles. The summed E-state index contributed by atoms with van der Waals surface area (Å²) in [7, 11) is 0. The van der Waals surface area contributed by atoms with Crippen molar-refractivity contribution in [2.24, 2.45) is 27.9 Å². The number of nitrogens with zero attached hydrogens (tertiary/aromatic N) is 1. The summed E-state index contributed by atoms with van der Waals surface area (Å²) in [4.78, 5) is 63.6. The molecule has 4 unspecified atom stereocenters. The second-order valence-corrected chi connectivity index (χ2v) is 7.68. The van der Waals surface area contributed by atoms with Crippen LogP contribution in [-0.4, -0.2) is 82.9 Å². The van der Waals surface area contributed by atoms with Gasteiger partial charge in [0.2, 0.25) is 23.6 Å². The van der Waals surface area contributed by atoms with Crippen molar-refractivity contribution in [3.63, 3.8) is 0 Å². The van der Waals surface area contributed by atoms with Gasteiger partial charge in [-0.1, -0.05) is 0 Å². The Morgan fingerprint density at radius 1 is 0.818 bits per heavy atom. The Balaban J connectivity index is 5.29. The molecule has 0 aliphatic rings. The van der Waals surface area contributed by atoms with Crippen LogP contribution in [0.2, 0.25) is 0 Å². The Morgan fingerprint density at radius 3 is 1.85 bits per heavy atom. The summed E-state index contributed by atoms with van der Waals surface area (Å²) >= 11 is 7.92. The van der Waals surface area contributed by atoms with Gasteiger partial charge in [0, 0.05) is 24.5 Å². The Kier molecular flexibility index (Phi) is 14.7. The molecule has 0 saturated heterocycles. The van der Waals surface area contributed by atoms with Gasteiger partial charge >= 0.3 is 5.97 Å². The highest BCUT2D eigenvalue weighted by Gasteiger charge is 2.29. The number of primary amides is 1. The molecule has 0 aromatic rings. The van der Waals surface area contributed by atoms with Crippen molar-refractivity contribution in [3.8, 4) is 0 Å². The van der Waals surface area contributed by atoms with E-state index in [4.69, 9.17) is 22.9 Å². The number of amides is 4. The van der Waals surface area contributed by atoms with E-state index in [-0.39, 0.29) is 49.7 Å². The van der Waals surface area contributed by atoms with Crippen molar-refractivity contribution < 1.29 is 29.1 Å². The number of rotatable bonds is 16. The second kappa shape index (κ2) is 16.0. The van der Waals surface area contributed by atoms with Gasteiger partial charge in [0.05, 0.1) is 6.04 Å². The molecule has 0 fully saturated rings. The van der Waals surface area contributed by atoms with Gasteiger partial charge in [-0.05, 0) is 19.3 Å². The van der Waals surface area contributed by atoms with E-state index in [0.29, 0.717) is 0 Å². The summed E-state index contributed by atoms with van der Waals surface area (Å²) in [6.07, 6.45) is -0.197. The predicted molar refractivity (Wildman–Crippen MR) is 127 cm³/mol. The molecule has 188 valence electrons.